The molecule has 0 aliphatic heterocycles. The minimum atomic E-state index is -0.706. The van der Waals surface area contributed by atoms with E-state index in [0.29, 0.717) is 23.8 Å². The summed E-state index contributed by atoms with van der Waals surface area (Å²) in [6.07, 6.45) is 0. The Hall–Kier alpha value is -0.770. The van der Waals surface area contributed by atoms with Gasteiger partial charge in [0.1, 0.15) is 0 Å². The SMILES string of the molecule is CCN(Cc1cc(N)ccc1Cl)CC(C)(C)O. The first kappa shape index (κ1) is 14.3. The highest BCUT2D eigenvalue weighted by atomic mass is 35.5. The van der Waals surface area contributed by atoms with E-state index in [1.807, 2.05) is 12.1 Å². The summed E-state index contributed by atoms with van der Waals surface area (Å²) in [5, 5.41) is 10.5. The number of benzene rings is 1. The lowest BCUT2D eigenvalue weighted by Gasteiger charge is -2.28. The lowest BCUT2D eigenvalue weighted by atomic mass is 10.1. The Morgan fingerprint density at radius 1 is 1.41 bits per heavy atom. The highest BCUT2D eigenvalue weighted by Gasteiger charge is 2.18. The van der Waals surface area contributed by atoms with Crippen molar-refractivity contribution in [2.75, 3.05) is 18.8 Å². The molecule has 0 fully saturated rings. The molecule has 0 spiro atoms. The van der Waals surface area contributed by atoms with Crippen LogP contribution in [-0.4, -0.2) is 28.7 Å². The number of rotatable bonds is 5. The predicted octanol–water partition coefficient (Wildman–Crippen LogP) is 2.52. The fourth-order valence-electron chi connectivity index (χ4n) is 1.78. The Morgan fingerprint density at radius 3 is 2.59 bits per heavy atom. The van der Waals surface area contributed by atoms with Gasteiger partial charge in [0.2, 0.25) is 0 Å². The zero-order valence-corrected chi connectivity index (χ0v) is 11.5. The zero-order valence-electron chi connectivity index (χ0n) is 10.7. The molecule has 0 saturated carbocycles. The number of hydrogen-bond donors (Lipinski definition) is 2. The van der Waals surface area contributed by atoms with Gasteiger partial charge >= 0.3 is 0 Å². The standard InChI is InChI=1S/C13H21ClN2O/c1-4-16(9-13(2,3)17)8-10-7-11(15)5-6-12(10)14/h5-7,17H,4,8-9,15H2,1-3H3. The number of nitrogens with two attached hydrogens (primary N) is 1. The van der Waals surface area contributed by atoms with E-state index in [0.717, 1.165) is 12.1 Å². The molecule has 0 aliphatic carbocycles. The second kappa shape index (κ2) is 5.71. The molecule has 96 valence electrons. The first-order valence-electron chi connectivity index (χ1n) is 5.80. The molecule has 1 aromatic carbocycles. The molecule has 0 heterocycles. The zero-order chi connectivity index (χ0) is 13.1. The molecule has 0 bridgehead atoms. The summed E-state index contributed by atoms with van der Waals surface area (Å²) in [5.41, 5.74) is 6.75. The number of nitrogen functional groups attached to an aromatic ring is 1. The van der Waals surface area contributed by atoms with E-state index in [4.69, 9.17) is 17.3 Å². The molecule has 4 heteroatoms. The van der Waals surface area contributed by atoms with Crippen molar-refractivity contribution in [3.05, 3.63) is 28.8 Å². The highest BCUT2D eigenvalue weighted by molar-refractivity contribution is 6.31. The molecule has 0 amide bonds. The van der Waals surface area contributed by atoms with Gasteiger partial charge in [-0.25, -0.2) is 0 Å². The van der Waals surface area contributed by atoms with Gasteiger partial charge in [-0.2, -0.15) is 0 Å². The molecule has 1 rings (SSSR count). The van der Waals surface area contributed by atoms with Crippen LogP contribution in [0.3, 0.4) is 0 Å². The summed E-state index contributed by atoms with van der Waals surface area (Å²) in [6, 6.07) is 5.48. The Bertz CT molecular complexity index is 374. The van der Waals surface area contributed by atoms with Gasteiger partial charge in [0.05, 0.1) is 5.60 Å². The van der Waals surface area contributed by atoms with E-state index in [9.17, 15) is 5.11 Å². The van der Waals surface area contributed by atoms with Crippen LogP contribution in [0.25, 0.3) is 0 Å². The topological polar surface area (TPSA) is 49.5 Å². The number of nitrogens with zero attached hydrogens (tertiary/aromatic N) is 1. The van der Waals surface area contributed by atoms with E-state index in [1.165, 1.54) is 0 Å². The van der Waals surface area contributed by atoms with Gasteiger partial charge in [-0.3, -0.25) is 4.90 Å². The van der Waals surface area contributed by atoms with Crippen molar-refractivity contribution in [2.45, 2.75) is 32.9 Å². The number of anilines is 1. The molecule has 0 aliphatic rings. The summed E-state index contributed by atoms with van der Waals surface area (Å²) < 4.78 is 0. The van der Waals surface area contributed by atoms with Crippen molar-refractivity contribution in [3.8, 4) is 0 Å². The molecule has 1 aromatic rings. The maximum absolute atomic E-state index is 9.82. The molecule has 0 unspecified atom stereocenters. The minimum absolute atomic E-state index is 0.606. The van der Waals surface area contributed by atoms with Crippen LogP contribution < -0.4 is 5.73 Å². The molecule has 0 atom stereocenters. The molecule has 3 nitrogen and oxygen atoms in total. The maximum Gasteiger partial charge on any atom is 0.0718 e. The van der Waals surface area contributed by atoms with Crippen LogP contribution in [0.2, 0.25) is 5.02 Å². The second-order valence-electron chi connectivity index (χ2n) is 4.97. The Labute approximate surface area is 108 Å². The van der Waals surface area contributed by atoms with Crippen molar-refractivity contribution >= 4 is 17.3 Å². The van der Waals surface area contributed by atoms with Crippen LogP contribution in [0, 0.1) is 0 Å². The molecule has 3 N–H and O–H groups in total. The first-order chi connectivity index (χ1) is 7.81. The highest BCUT2D eigenvalue weighted by Crippen LogP contribution is 2.21. The van der Waals surface area contributed by atoms with E-state index >= 15 is 0 Å². The molecule has 0 saturated heterocycles. The van der Waals surface area contributed by atoms with E-state index in [-0.39, 0.29) is 0 Å². The number of likely N-dealkylation sites (N-methyl/N-ethyl adjacent to an activating group) is 1. The molecule has 0 aromatic heterocycles. The van der Waals surface area contributed by atoms with Crippen LogP contribution in [-0.2, 0) is 6.54 Å². The fourth-order valence-corrected chi connectivity index (χ4v) is 1.96. The van der Waals surface area contributed by atoms with Crippen molar-refractivity contribution in [1.82, 2.24) is 4.90 Å². The van der Waals surface area contributed by atoms with Crippen molar-refractivity contribution in [3.63, 3.8) is 0 Å². The quantitative estimate of drug-likeness (QED) is 0.796. The number of hydrogen-bond acceptors (Lipinski definition) is 3. The van der Waals surface area contributed by atoms with Gasteiger partial charge in [0.25, 0.3) is 0 Å². The van der Waals surface area contributed by atoms with Gasteiger partial charge in [-0.05, 0) is 44.2 Å². The number of halogens is 1. The lowest BCUT2D eigenvalue weighted by molar-refractivity contribution is 0.0353. The first-order valence-corrected chi connectivity index (χ1v) is 6.18. The van der Waals surface area contributed by atoms with E-state index in [1.54, 1.807) is 19.9 Å². The summed E-state index contributed by atoms with van der Waals surface area (Å²) in [7, 11) is 0. The van der Waals surface area contributed by atoms with E-state index < -0.39 is 5.60 Å². The van der Waals surface area contributed by atoms with Crippen LogP contribution in [0.4, 0.5) is 5.69 Å². The maximum atomic E-state index is 9.82. The van der Waals surface area contributed by atoms with Crippen molar-refractivity contribution in [2.24, 2.45) is 0 Å². The molecular formula is C13H21ClN2O. The third-order valence-electron chi connectivity index (χ3n) is 2.52. The van der Waals surface area contributed by atoms with E-state index in [2.05, 4.69) is 11.8 Å². The fraction of sp³-hybridized carbons (Fsp3) is 0.538. The minimum Gasteiger partial charge on any atom is -0.399 e. The average molecular weight is 257 g/mol. The Balaban J connectivity index is 2.77. The van der Waals surface area contributed by atoms with Gasteiger partial charge in [0.15, 0.2) is 0 Å². The van der Waals surface area contributed by atoms with Gasteiger partial charge < -0.3 is 10.8 Å². The summed E-state index contributed by atoms with van der Waals surface area (Å²) >= 11 is 6.12. The summed E-state index contributed by atoms with van der Waals surface area (Å²) in [6.45, 7) is 7.83. The average Bonchev–Trinajstić information content (AvgIpc) is 2.20. The largest absolute Gasteiger partial charge is 0.399 e. The Kier molecular flexibility index (Phi) is 4.80. The van der Waals surface area contributed by atoms with Crippen LogP contribution in [0.5, 0.6) is 0 Å². The molecule has 0 radical (unpaired) electrons. The van der Waals surface area contributed by atoms with Gasteiger partial charge in [-0.1, -0.05) is 18.5 Å². The third-order valence-corrected chi connectivity index (χ3v) is 2.89. The third kappa shape index (κ3) is 4.94. The summed E-state index contributed by atoms with van der Waals surface area (Å²) in [5.74, 6) is 0. The second-order valence-corrected chi connectivity index (χ2v) is 5.37. The normalized spacial score (nSPS) is 12.1. The van der Waals surface area contributed by atoms with Gasteiger partial charge in [0, 0.05) is 23.8 Å². The number of aliphatic hydroxyl groups is 1. The smallest absolute Gasteiger partial charge is 0.0718 e. The van der Waals surface area contributed by atoms with Crippen LogP contribution >= 0.6 is 11.6 Å². The molecular weight excluding hydrogens is 236 g/mol. The predicted molar refractivity (Wildman–Crippen MR) is 73.1 cm³/mol. The summed E-state index contributed by atoms with van der Waals surface area (Å²) in [4.78, 5) is 2.14. The van der Waals surface area contributed by atoms with Crippen LogP contribution in [0.1, 0.15) is 26.3 Å². The van der Waals surface area contributed by atoms with Crippen LogP contribution in [0.15, 0.2) is 18.2 Å². The monoisotopic (exact) mass is 256 g/mol. The Morgan fingerprint density at radius 2 is 2.06 bits per heavy atom. The van der Waals surface area contributed by atoms with Gasteiger partial charge in [-0.15, -0.1) is 0 Å². The lowest BCUT2D eigenvalue weighted by Crippen LogP contribution is -2.38. The molecule has 17 heavy (non-hydrogen) atoms. The van der Waals surface area contributed by atoms with Crippen molar-refractivity contribution < 1.29 is 5.11 Å². The van der Waals surface area contributed by atoms with Crippen molar-refractivity contribution in [1.29, 1.82) is 0 Å².